The summed E-state index contributed by atoms with van der Waals surface area (Å²) in [7, 11) is 0. The molecule has 0 fully saturated rings. The minimum absolute atomic E-state index is 0.658. The van der Waals surface area contributed by atoms with Crippen LogP contribution in [0.25, 0.3) is 5.69 Å². The van der Waals surface area contributed by atoms with Gasteiger partial charge in [-0.2, -0.15) is 5.26 Å². The van der Waals surface area contributed by atoms with Gasteiger partial charge in [0.25, 0.3) is 0 Å². The van der Waals surface area contributed by atoms with Crippen molar-refractivity contribution in [1.29, 1.82) is 5.26 Å². The minimum atomic E-state index is 0.658. The lowest BCUT2D eigenvalue weighted by atomic mass is 10.1. The van der Waals surface area contributed by atoms with Crippen LogP contribution in [0.15, 0.2) is 84.0 Å². The average molecular weight is 417 g/mol. The molecule has 4 rings (SSSR count). The number of benzene rings is 3. The minimum Gasteiger partial charge on any atom is -0.274 e. The summed E-state index contributed by atoms with van der Waals surface area (Å²) in [6.45, 7) is 0. The van der Waals surface area contributed by atoms with Gasteiger partial charge in [-0.1, -0.05) is 71.9 Å². The van der Waals surface area contributed by atoms with Gasteiger partial charge in [-0.3, -0.25) is 4.57 Å². The van der Waals surface area contributed by atoms with E-state index in [1.807, 2.05) is 66.7 Å². The van der Waals surface area contributed by atoms with E-state index in [0.717, 1.165) is 28.0 Å². The summed E-state index contributed by atoms with van der Waals surface area (Å²) in [6.07, 6.45) is 0.678. The molecule has 0 saturated heterocycles. The molecule has 0 aliphatic carbocycles. The van der Waals surface area contributed by atoms with Gasteiger partial charge in [-0.05, 0) is 41.5 Å². The maximum atomic E-state index is 8.96. The highest BCUT2D eigenvalue weighted by Gasteiger charge is 2.15. The molecule has 4 nitrogen and oxygen atoms in total. The second-order valence-corrected chi connectivity index (χ2v) is 7.85. The third-order valence-corrected chi connectivity index (χ3v) is 5.66. The van der Waals surface area contributed by atoms with E-state index < -0.39 is 0 Å². The Hall–Kier alpha value is -3.07. The van der Waals surface area contributed by atoms with E-state index in [-0.39, 0.29) is 0 Å². The molecule has 1 heterocycles. The lowest BCUT2D eigenvalue weighted by molar-refractivity contribution is 0.848. The first kappa shape index (κ1) is 19.3. The molecule has 0 aliphatic rings. The third-order valence-electron chi connectivity index (χ3n) is 4.42. The number of hydrogen-bond acceptors (Lipinski definition) is 4. The van der Waals surface area contributed by atoms with Crippen LogP contribution in [0.2, 0.25) is 5.02 Å². The van der Waals surface area contributed by atoms with E-state index in [1.165, 1.54) is 5.56 Å². The van der Waals surface area contributed by atoms with Crippen LogP contribution >= 0.6 is 23.4 Å². The van der Waals surface area contributed by atoms with Crippen molar-refractivity contribution >= 4 is 23.4 Å². The van der Waals surface area contributed by atoms with Crippen molar-refractivity contribution in [2.75, 3.05) is 0 Å². The van der Waals surface area contributed by atoms with Crippen molar-refractivity contribution in [2.24, 2.45) is 0 Å². The summed E-state index contributed by atoms with van der Waals surface area (Å²) >= 11 is 7.85. The Kier molecular flexibility index (Phi) is 5.95. The number of thioether (sulfide) groups is 1. The summed E-state index contributed by atoms with van der Waals surface area (Å²) in [4.78, 5) is 0. The zero-order valence-corrected chi connectivity index (χ0v) is 17.1. The van der Waals surface area contributed by atoms with Gasteiger partial charge >= 0.3 is 0 Å². The fraction of sp³-hybridized carbons (Fsp3) is 0.0870. The molecule has 0 saturated carbocycles. The molecule has 0 atom stereocenters. The Morgan fingerprint density at radius 1 is 0.897 bits per heavy atom. The molecule has 6 heteroatoms. The number of aromatic nitrogens is 3. The highest BCUT2D eigenvalue weighted by atomic mass is 35.5. The molecule has 142 valence electrons. The first-order chi connectivity index (χ1) is 14.2. The van der Waals surface area contributed by atoms with Crippen LogP contribution < -0.4 is 0 Å². The zero-order valence-electron chi connectivity index (χ0n) is 15.5. The highest BCUT2D eigenvalue weighted by molar-refractivity contribution is 7.98. The lowest BCUT2D eigenvalue weighted by Crippen LogP contribution is -2.04. The fourth-order valence-corrected chi connectivity index (χ4v) is 4.10. The Morgan fingerprint density at radius 3 is 2.41 bits per heavy atom. The standard InChI is InChI=1S/C23H17ClN4S/c24-20-7-4-8-21(14-20)28-22(13-17-5-2-1-3-6-17)26-27-23(28)29-16-19-11-9-18(15-25)10-12-19/h1-12,14H,13,16H2. The van der Waals surface area contributed by atoms with Gasteiger partial charge in [0, 0.05) is 17.2 Å². The van der Waals surface area contributed by atoms with Crippen LogP contribution in [0.4, 0.5) is 0 Å². The van der Waals surface area contributed by atoms with Crippen LogP contribution in [0.1, 0.15) is 22.5 Å². The summed E-state index contributed by atoms with van der Waals surface area (Å²) in [5, 5.41) is 19.3. The molecule has 0 spiro atoms. The van der Waals surface area contributed by atoms with E-state index in [9.17, 15) is 0 Å². The summed E-state index contributed by atoms with van der Waals surface area (Å²) in [5.74, 6) is 1.59. The Balaban J connectivity index is 1.64. The van der Waals surface area contributed by atoms with Gasteiger partial charge in [0.2, 0.25) is 0 Å². The maximum Gasteiger partial charge on any atom is 0.196 e. The monoisotopic (exact) mass is 416 g/mol. The van der Waals surface area contributed by atoms with Gasteiger partial charge in [0.1, 0.15) is 5.82 Å². The number of nitriles is 1. The molecule has 0 radical (unpaired) electrons. The zero-order chi connectivity index (χ0) is 20.1. The van der Waals surface area contributed by atoms with E-state index in [0.29, 0.717) is 17.0 Å². The van der Waals surface area contributed by atoms with Gasteiger partial charge < -0.3 is 0 Å². The first-order valence-electron chi connectivity index (χ1n) is 9.09. The van der Waals surface area contributed by atoms with E-state index in [1.54, 1.807) is 11.8 Å². The van der Waals surface area contributed by atoms with Crippen LogP contribution in [0, 0.1) is 11.3 Å². The molecule has 0 N–H and O–H groups in total. The smallest absolute Gasteiger partial charge is 0.196 e. The predicted octanol–water partition coefficient (Wildman–Crippen LogP) is 5.68. The van der Waals surface area contributed by atoms with Crippen molar-refractivity contribution < 1.29 is 0 Å². The second kappa shape index (κ2) is 8.95. The predicted molar refractivity (Wildman–Crippen MR) is 116 cm³/mol. The second-order valence-electron chi connectivity index (χ2n) is 6.47. The first-order valence-corrected chi connectivity index (χ1v) is 10.5. The van der Waals surface area contributed by atoms with E-state index >= 15 is 0 Å². The largest absolute Gasteiger partial charge is 0.274 e. The van der Waals surface area contributed by atoms with Crippen LogP contribution in [0.5, 0.6) is 0 Å². The molecule has 29 heavy (non-hydrogen) atoms. The quantitative estimate of drug-likeness (QED) is 0.379. The molecule has 1 aromatic heterocycles. The van der Waals surface area contributed by atoms with Crippen molar-refractivity contribution in [3.63, 3.8) is 0 Å². The van der Waals surface area contributed by atoms with Crippen molar-refractivity contribution in [1.82, 2.24) is 14.8 Å². The number of halogens is 1. The summed E-state index contributed by atoms with van der Waals surface area (Å²) in [6, 6.07) is 27.7. The van der Waals surface area contributed by atoms with Gasteiger partial charge in [0.15, 0.2) is 5.16 Å². The van der Waals surface area contributed by atoms with Crippen molar-refractivity contribution in [3.8, 4) is 11.8 Å². The molecule has 3 aromatic carbocycles. The SMILES string of the molecule is N#Cc1ccc(CSc2nnc(Cc3ccccc3)n2-c2cccc(Cl)c2)cc1. The molecule has 4 aromatic rings. The van der Waals surface area contributed by atoms with Crippen molar-refractivity contribution in [2.45, 2.75) is 17.3 Å². The summed E-state index contributed by atoms with van der Waals surface area (Å²) < 4.78 is 2.06. The number of hydrogen-bond donors (Lipinski definition) is 0. The van der Waals surface area contributed by atoms with Crippen LogP contribution in [-0.2, 0) is 12.2 Å². The van der Waals surface area contributed by atoms with Crippen LogP contribution in [-0.4, -0.2) is 14.8 Å². The Morgan fingerprint density at radius 2 is 1.69 bits per heavy atom. The normalized spacial score (nSPS) is 10.6. The Labute approximate surface area is 178 Å². The van der Waals surface area contributed by atoms with Crippen molar-refractivity contribution in [3.05, 3.63) is 106 Å². The topological polar surface area (TPSA) is 54.5 Å². The van der Waals surface area contributed by atoms with Gasteiger partial charge in [0.05, 0.1) is 17.3 Å². The number of rotatable bonds is 6. The van der Waals surface area contributed by atoms with Gasteiger partial charge in [-0.15, -0.1) is 10.2 Å². The van der Waals surface area contributed by atoms with E-state index in [4.69, 9.17) is 16.9 Å². The molecule has 0 unspecified atom stereocenters. The average Bonchev–Trinajstić information content (AvgIpc) is 3.15. The third kappa shape index (κ3) is 4.68. The summed E-state index contributed by atoms with van der Waals surface area (Å²) in [5.41, 5.74) is 3.90. The molecule has 0 amide bonds. The maximum absolute atomic E-state index is 8.96. The lowest BCUT2D eigenvalue weighted by Gasteiger charge is -2.11. The molecular formula is C23H17ClN4S. The Bertz CT molecular complexity index is 1150. The van der Waals surface area contributed by atoms with E-state index in [2.05, 4.69) is 33.0 Å². The van der Waals surface area contributed by atoms with Crippen LogP contribution in [0.3, 0.4) is 0 Å². The molecule has 0 aliphatic heterocycles. The van der Waals surface area contributed by atoms with Gasteiger partial charge in [-0.25, -0.2) is 0 Å². The fourth-order valence-electron chi connectivity index (χ4n) is 2.98. The molecule has 0 bridgehead atoms. The number of nitrogens with zero attached hydrogens (tertiary/aromatic N) is 4. The molecular weight excluding hydrogens is 400 g/mol. The highest BCUT2D eigenvalue weighted by Crippen LogP contribution is 2.27.